The van der Waals surface area contributed by atoms with E-state index >= 15 is 4.39 Å². The molecule has 256 valence electrons. The SMILES string of the molecule is C[C@]12CCC3c4ccc(O)cc4[C@H](F)C(CCCCCCCCCS(=O)(=O)CCCC(F)(F)C(F)(F)F)C3C1C[C@@H](O)C21CC1. The van der Waals surface area contributed by atoms with Gasteiger partial charge in [0.1, 0.15) is 21.8 Å². The lowest BCUT2D eigenvalue weighted by Crippen LogP contribution is -2.47. The summed E-state index contributed by atoms with van der Waals surface area (Å²) in [6.45, 7) is 2.34. The van der Waals surface area contributed by atoms with Crippen molar-refractivity contribution < 1.29 is 45.0 Å². The number of alkyl halides is 6. The Morgan fingerprint density at radius 2 is 1.51 bits per heavy atom. The predicted octanol–water partition coefficient (Wildman–Crippen LogP) is 9.21. The van der Waals surface area contributed by atoms with Gasteiger partial charge < -0.3 is 10.2 Å². The Morgan fingerprint density at radius 1 is 0.889 bits per heavy atom. The number of fused-ring (bicyclic) bond motifs is 6. The number of halogens is 6. The number of rotatable bonds is 14. The van der Waals surface area contributed by atoms with Crippen LogP contribution >= 0.6 is 0 Å². The van der Waals surface area contributed by atoms with Gasteiger partial charge in [0.2, 0.25) is 0 Å². The van der Waals surface area contributed by atoms with Gasteiger partial charge in [-0.3, -0.25) is 0 Å². The molecule has 0 amide bonds. The summed E-state index contributed by atoms with van der Waals surface area (Å²) in [6, 6.07) is 5.17. The molecule has 11 heteroatoms. The third-order valence-corrected chi connectivity index (χ3v) is 14.1. The molecule has 3 fully saturated rings. The molecule has 7 atom stereocenters. The first-order chi connectivity index (χ1) is 21.0. The number of aliphatic hydroxyl groups is 1. The average Bonchev–Trinajstić information content (AvgIpc) is 3.73. The summed E-state index contributed by atoms with van der Waals surface area (Å²) < 4.78 is 103. The quantitative estimate of drug-likeness (QED) is 0.153. The molecular formula is C34H48F6O4S. The minimum atomic E-state index is -5.67. The summed E-state index contributed by atoms with van der Waals surface area (Å²) in [5.74, 6) is -5.21. The third kappa shape index (κ3) is 6.77. The van der Waals surface area contributed by atoms with Crippen LogP contribution in [0.1, 0.15) is 126 Å². The van der Waals surface area contributed by atoms with E-state index in [1.165, 1.54) is 0 Å². The number of unbranched alkanes of at least 4 members (excludes halogenated alkanes) is 6. The highest BCUT2D eigenvalue weighted by Crippen LogP contribution is 2.77. The lowest BCUT2D eigenvalue weighted by atomic mass is 9.50. The van der Waals surface area contributed by atoms with E-state index < -0.39 is 46.7 Å². The van der Waals surface area contributed by atoms with Gasteiger partial charge in [-0.2, -0.15) is 22.0 Å². The van der Waals surface area contributed by atoms with Gasteiger partial charge in [-0.1, -0.05) is 51.5 Å². The van der Waals surface area contributed by atoms with E-state index in [2.05, 4.69) is 6.92 Å². The molecule has 0 heterocycles. The van der Waals surface area contributed by atoms with E-state index in [0.717, 1.165) is 76.2 Å². The number of phenols is 1. The number of aromatic hydroxyl groups is 1. The lowest BCUT2D eigenvalue weighted by Gasteiger charge is -2.54. The van der Waals surface area contributed by atoms with Crippen LogP contribution in [0.15, 0.2) is 18.2 Å². The largest absolute Gasteiger partial charge is 0.508 e. The first-order valence-corrected chi connectivity index (χ1v) is 18.7. The fourth-order valence-electron chi connectivity index (χ4n) is 9.67. The number of hydrogen-bond donors (Lipinski definition) is 2. The average molecular weight is 667 g/mol. The number of benzene rings is 1. The zero-order valence-corrected chi connectivity index (χ0v) is 26.9. The molecule has 0 aliphatic heterocycles. The topological polar surface area (TPSA) is 74.6 Å². The summed E-state index contributed by atoms with van der Waals surface area (Å²) in [6.07, 6.45) is 1.49. The Hall–Kier alpha value is -1.49. The van der Waals surface area contributed by atoms with E-state index in [4.69, 9.17) is 0 Å². The number of hydrogen-bond acceptors (Lipinski definition) is 4. The monoisotopic (exact) mass is 666 g/mol. The van der Waals surface area contributed by atoms with Gasteiger partial charge in [-0.05, 0) is 104 Å². The molecule has 1 aromatic carbocycles. The first-order valence-electron chi connectivity index (χ1n) is 16.8. The minimum Gasteiger partial charge on any atom is -0.508 e. The maximum Gasteiger partial charge on any atom is 0.453 e. The Balaban J connectivity index is 1.08. The van der Waals surface area contributed by atoms with Crippen LogP contribution in [0.5, 0.6) is 5.75 Å². The van der Waals surface area contributed by atoms with Crippen LogP contribution in [-0.4, -0.2) is 48.3 Å². The lowest BCUT2D eigenvalue weighted by molar-refractivity contribution is -0.284. The van der Waals surface area contributed by atoms with E-state index in [-0.39, 0.29) is 52.1 Å². The molecule has 0 saturated heterocycles. The fourth-order valence-corrected chi connectivity index (χ4v) is 11.1. The van der Waals surface area contributed by atoms with Gasteiger partial charge in [0.25, 0.3) is 0 Å². The van der Waals surface area contributed by atoms with E-state index in [1.54, 1.807) is 12.1 Å². The molecule has 5 rings (SSSR count). The Labute approximate surface area is 263 Å². The van der Waals surface area contributed by atoms with Crippen LogP contribution in [0.4, 0.5) is 26.3 Å². The van der Waals surface area contributed by atoms with Crippen LogP contribution in [0.3, 0.4) is 0 Å². The second-order valence-corrected chi connectivity index (χ2v) is 17.1. The van der Waals surface area contributed by atoms with Gasteiger partial charge in [-0.15, -0.1) is 0 Å². The summed E-state index contributed by atoms with van der Waals surface area (Å²) in [4.78, 5) is 0. The molecule has 0 bridgehead atoms. The van der Waals surface area contributed by atoms with Crippen molar-refractivity contribution in [1.82, 2.24) is 0 Å². The Kier molecular flexibility index (Phi) is 9.94. The molecule has 0 aromatic heterocycles. The van der Waals surface area contributed by atoms with Gasteiger partial charge in [-0.25, -0.2) is 12.8 Å². The van der Waals surface area contributed by atoms with Crippen LogP contribution < -0.4 is 0 Å². The Morgan fingerprint density at radius 3 is 2.16 bits per heavy atom. The number of phenolic OH excluding ortho intramolecular Hbond substituents is 1. The van der Waals surface area contributed by atoms with Crippen molar-refractivity contribution in [2.75, 3.05) is 11.5 Å². The molecular weight excluding hydrogens is 618 g/mol. The normalized spacial score (nSPS) is 32.3. The van der Waals surface area contributed by atoms with E-state index in [1.807, 2.05) is 6.07 Å². The zero-order valence-electron chi connectivity index (χ0n) is 26.1. The molecule has 4 aliphatic carbocycles. The van der Waals surface area contributed by atoms with Crippen LogP contribution in [-0.2, 0) is 9.84 Å². The second-order valence-electron chi connectivity index (χ2n) is 14.8. The van der Waals surface area contributed by atoms with Crippen molar-refractivity contribution in [2.45, 2.75) is 134 Å². The van der Waals surface area contributed by atoms with Crippen LogP contribution in [0, 0.1) is 28.6 Å². The van der Waals surface area contributed by atoms with E-state index in [0.29, 0.717) is 18.4 Å². The predicted molar refractivity (Wildman–Crippen MR) is 161 cm³/mol. The third-order valence-electron chi connectivity index (χ3n) is 12.3. The molecule has 2 N–H and O–H groups in total. The van der Waals surface area contributed by atoms with Crippen molar-refractivity contribution >= 4 is 9.84 Å². The van der Waals surface area contributed by atoms with Gasteiger partial charge in [0.15, 0.2) is 0 Å². The molecule has 4 nitrogen and oxygen atoms in total. The molecule has 0 radical (unpaired) electrons. The van der Waals surface area contributed by atoms with Gasteiger partial charge >= 0.3 is 12.1 Å². The summed E-state index contributed by atoms with van der Waals surface area (Å²) in [7, 11) is -3.69. The van der Waals surface area contributed by atoms with Crippen LogP contribution in [0.2, 0.25) is 0 Å². The highest BCUT2D eigenvalue weighted by Gasteiger charge is 2.71. The molecule has 1 spiro atoms. The van der Waals surface area contributed by atoms with Gasteiger partial charge in [0, 0.05) is 11.8 Å². The molecule has 3 saturated carbocycles. The fraction of sp³-hybridized carbons (Fsp3) is 0.824. The number of aliphatic hydroxyl groups excluding tert-OH is 1. The van der Waals surface area contributed by atoms with E-state index in [9.17, 15) is 40.6 Å². The maximum absolute atomic E-state index is 16.4. The van der Waals surface area contributed by atoms with Crippen LogP contribution in [0.25, 0.3) is 0 Å². The highest BCUT2D eigenvalue weighted by molar-refractivity contribution is 7.91. The molecule has 45 heavy (non-hydrogen) atoms. The summed E-state index contributed by atoms with van der Waals surface area (Å²) in [5, 5.41) is 21.3. The zero-order chi connectivity index (χ0) is 32.8. The minimum absolute atomic E-state index is 0.00461. The molecule has 4 unspecified atom stereocenters. The molecule has 4 aliphatic rings. The smallest absolute Gasteiger partial charge is 0.453 e. The number of sulfone groups is 1. The van der Waals surface area contributed by atoms with Crippen molar-refractivity contribution in [3.63, 3.8) is 0 Å². The summed E-state index contributed by atoms with van der Waals surface area (Å²) >= 11 is 0. The standard InChI is InChI=1S/C34H48F6O4S/c1-31-15-13-24-23-12-11-22(41)20-26(23)30(35)25(29(24)27(31)21-28(42)32(31)16-17-32)10-7-5-3-2-4-6-8-18-45(43,44)19-9-14-33(36,37)34(38,39)40/h11-12,20,24-25,27-30,41-42H,2-10,13-19,21H2,1H3/t24?,25?,27?,28-,29?,30-,31+/m1/s1. The molecule has 1 aromatic rings. The van der Waals surface area contributed by atoms with Crippen molar-refractivity contribution in [3.8, 4) is 5.75 Å². The van der Waals surface area contributed by atoms with Crippen molar-refractivity contribution in [1.29, 1.82) is 0 Å². The highest BCUT2D eigenvalue weighted by atomic mass is 32.2. The van der Waals surface area contributed by atoms with Crippen molar-refractivity contribution in [3.05, 3.63) is 29.3 Å². The maximum atomic E-state index is 16.4. The Bertz CT molecular complexity index is 1300. The summed E-state index contributed by atoms with van der Waals surface area (Å²) in [5.41, 5.74) is 1.67. The van der Waals surface area contributed by atoms with Crippen molar-refractivity contribution in [2.24, 2.45) is 28.6 Å². The second kappa shape index (κ2) is 12.8. The van der Waals surface area contributed by atoms with Gasteiger partial charge in [0.05, 0.1) is 17.6 Å². The first kappa shape index (κ1) is 34.8.